The molecule has 166 valence electrons. The number of rotatable bonds is 5. The van der Waals surface area contributed by atoms with Crippen LogP contribution in [0.3, 0.4) is 0 Å². The standard InChI is InChI=1S/C22H22N4O5S/c1-26-19-11-16(6-7-20(19)31-22(26)28)15-4-2-14(3-5-15)10-17(12-23)25-21(27)18-13-32(29,30)9-8-24-18/h2-7,11,17-18,24H,8-10,13H2,1H3,(H,25,27). The first-order chi connectivity index (χ1) is 15.3. The van der Waals surface area contributed by atoms with E-state index in [9.17, 15) is 23.3 Å². The lowest BCUT2D eigenvalue weighted by atomic mass is 10.0. The normalized spacial score (nSPS) is 18.7. The molecule has 4 rings (SSSR count). The van der Waals surface area contributed by atoms with E-state index < -0.39 is 33.6 Å². The Morgan fingerprint density at radius 3 is 2.69 bits per heavy atom. The minimum atomic E-state index is -3.26. The molecule has 1 amide bonds. The molecule has 3 aromatic rings. The van der Waals surface area contributed by atoms with Gasteiger partial charge in [0.1, 0.15) is 12.1 Å². The van der Waals surface area contributed by atoms with Crippen LogP contribution in [0, 0.1) is 11.3 Å². The smallest absolute Gasteiger partial charge is 0.408 e. The van der Waals surface area contributed by atoms with E-state index in [1.54, 1.807) is 13.1 Å². The highest BCUT2D eigenvalue weighted by Crippen LogP contribution is 2.24. The monoisotopic (exact) mass is 454 g/mol. The highest BCUT2D eigenvalue weighted by atomic mass is 32.2. The van der Waals surface area contributed by atoms with Crippen molar-refractivity contribution in [1.29, 1.82) is 5.26 Å². The maximum absolute atomic E-state index is 12.4. The molecule has 1 aromatic heterocycles. The summed E-state index contributed by atoms with van der Waals surface area (Å²) in [6.07, 6.45) is 0.289. The lowest BCUT2D eigenvalue weighted by Gasteiger charge is -2.24. The molecule has 0 radical (unpaired) electrons. The minimum absolute atomic E-state index is 0.00858. The van der Waals surface area contributed by atoms with Crippen LogP contribution in [0.15, 0.2) is 51.7 Å². The van der Waals surface area contributed by atoms with Crippen molar-refractivity contribution in [3.63, 3.8) is 0 Å². The van der Waals surface area contributed by atoms with Crippen LogP contribution < -0.4 is 16.4 Å². The fourth-order valence-corrected chi connectivity index (χ4v) is 5.10. The van der Waals surface area contributed by atoms with Crippen LogP contribution in [0.25, 0.3) is 22.2 Å². The van der Waals surface area contributed by atoms with Crippen LogP contribution in [-0.2, 0) is 28.1 Å². The number of fused-ring (bicyclic) bond motifs is 1. The summed E-state index contributed by atoms with van der Waals surface area (Å²) in [5, 5.41) is 15.0. The maximum Gasteiger partial charge on any atom is 0.419 e. The van der Waals surface area contributed by atoms with Crippen molar-refractivity contribution in [2.75, 3.05) is 18.1 Å². The topological polar surface area (TPSA) is 134 Å². The summed E-state index contributed by atoms with van der Waals surface area (Å²) in [7, 11) is -1.61. The Balaban J connectivity index is 1.44. The number of aromatic nitrogens is 1. The van der Waals surface area contributed by atoms with Crippen LogP contribution in [0.4, 0.5) is 0 Å². The highest BCUT2D eigenvalue weighted by molar-refractivity contribution is 7.91. The van der Waals surface area contributed by atoms with Crippen molar-refractivity contribution >= 4 is 26.8 Å². The molecule has 1 aliphatic heterocycles. The minimum Gasteiger partial charge on any atom is -0.408 e. The molecular formula is C22H22N4O5S. The Morgan fingerprint density at radius 1 is 1.28 bits per heavy atom. The molecule has 32 heavy (non-hydrogen) atoms. The van der Waals surface area contributed by atoms with E-state index in [0.29, 0.717) is 11.1 Å². The predicted octanol–water partition coefficient (Wildman–Crippen LogP) is 0.736. The summed E-state index contributed by atoms with van der Waals surface area (Å²) in [6.45, 7) is 0.220. The van der Waals surface area contributed by atoms with Crippen molar-refractivity contribution < 1.29 is 17.6 Å². The second-order valence-corrected chi connectivity index (χ2v) is 10.1. The number of hydrogen-bond acceptors (Lipinski definition) is 7. The zero-order valence-electron chi connectivity index (χ0n) is 17.4. The second kappa shape index (κ2) is 8.61. The maximum atomic E-state index is 12.4. The van der Waals surface area contributed by atoms with Gasteiger partial charge in [-0.25, -0.2) is 13.2 Å². The molecule has 0 saturated carbocycles. The van der Waals surface area contributed by atoms with Crippen LogP contribution >= 0.6 is 0 Å². The summed E-state index contributed by atoms with van der Waals surface area (Å²) in [6, 6.07) is 13.5. The van der Waals surface area contributed by atoms with Crippen LogP contribution in [0.1, 0.15) is 5.56 Å². The molecule has 1 saturated heterocycles. The average Bonchev–Trinajstić information content (AvgIpc) is 3.06. The van der Waals surface area contributed by atoms with Gasteiger partial charge in [0.05, 0.1) is 23.1 Å². The van der Waals surface area contributed by atoms with Gasteiger partial charge in [0.2, 0.25) is 5.91 Å². The highest BCUT2D eigenvalue weighted by Gasteiger charge is 2.30. The van der Waals surface area contributed by atoms with Crippen molar-refractivity contribution in [3.05, 3.63) is 58.6 Å². The summed E-state index contributed by atoms with van der Waals surface area (Å²) in [5.74, 6) is -1.17. The van der Waals surface area contributed by atoms with E-state index in [4.69, 9.17) is 4.42 Å². The van der Waals surface area contributed by atoms with Gasteiger partial charge in [0.25, 0.3) is 0 Å². The van der Waals surface area contributed by atoms with Gasteiger partial charge in [-0.05, 0) is 28.8 Å². The third-order valence-corrected chi connectivity index (χ3v) is 7.20. The van der Waals surface area contributed by atoms with Crippen LogP contribution in [0.5, 0.6) is 0 Å². The quantitative estimate of drug-likeness (QED) is 0.581. The zero-order chi connectivity index (χ0) is 22.9. The largest absolute Gasteiger partial charge is 0.419 e. The zero-order valence-corrected chi connectivity index (χ0v) is 18.2. The molecule has 2 N–H and O–H groups in total. The molecular weight excluding hydrogens is 432 g/mol. The summed E-state index contributed by atoms with van der Waals surface area (Å²) >= 11 is 0. The van der Waals surface area contributed by atoms with Crippen molar-refractivity contribution in [1.82, 2.24) is 15.2 Å². The van der Waals surface area contributed by atoms with Crippen LogP contribution in [-0.4, -0.2) is 49.0 Å². The number of nitrogens with one attached hydrogen (secondary N) is 2. The summed E-state index contributed by atoms with van der Waals surface area (Å²) in [5.41, 5.74) is 3.91. The number of benzene rings is 2. The second-order valence-electron chi connectivity index (χ2n) is 7.82. The molecule has 2 heterocycles. The Morgan fingerprint density at radius 2 is 2.00 bits per heavy atom. The van der Waals surface area contributed by atoms with Crippen LogP contribution in [0.2, 0.25) is 0 Å². The van der Waals surface area contributed by atoms with Gasteiger partial charge in [0.15, 0.2) is 15.4 Å². The third-order valence-electron chi connectivity index (χ3n) is 5.53. The van der Waals surface area contributed by atoms with E-state index in [0.717, 1.165) is 16.7 Å². The fourth-order valence-electron chi connectivity index (χ4n) is 3.73. The predicted molar refractivity (Wildman–Crippen MR) is 119 cm³/mol. The fraction of sp³-hybridized carbons (Fsp3) is 0.318. The van der Waals surface area contributed by atoms with Gasteiger partial charge < -0.3 is 15.1 Å². The molecule has 2 atom stereocenters. The number of oxazole rings is 1. The Labute approximate surface area is 184 Å². The number of carbonyl (C=O) groups is 1. The van der Waals surface area contributed by atoms with E-state index >= 15 is 0 Å². The van der Waals surface area contributed by atoms with Gasteiger partial charge in [-0.1, -0.05) is 30.3 Å². The SMILES string of the molecule is Cn1c(=O)oc2ccc(-c3ccc(CC(C#N)NC(=O)C4CS(=O)(=O)CCN4)cc3)cc21. The van der Waals surface area contributed by atoms with Gasteiger partial charge in [-0.15, -0.1) is 0 Å². The number of nitriles is 1. The summed E-state index contributed by atoms with van der Waals surface area (Å²) in [4.78, 5) is 24.1. The third kappa shape index (κ3) is 4.59. The number of carbonyl (C=O) groups excluding carboxylic acids is 1. The molecule has 0 bridgehead atoms. The average molecular weight is 455 g/mol. The molecule has 2 aromatic carbocycles. The van der Waals surface area contributed by atoms with E-state index in [-0.39, 0.29) is 24.5 Å². The van der Waals surface area contributed by atoms with E-state index in [1.807, 2.05) is 36.4 Å². The van der Waals surface area contributed by atoms with Gasteiger partial charge in [-0.2, -0.15) is 5.26 Å². The number of nitrogens with zero attached hydrogens (tertiary/aromatic N) is 2. The lowest BCUT2D eigenvalue weighted by molar-refractivity contribution is -0.123. The van der Waals surface area contributed by atoms with Crippen molar-refractivity contribution in [2.24, 2.45) is 7.05 Å². The number of amides is 1. The Kier molecular flexibility index (Phi) is 5.86. The molecule has 0 aliphatic carbocycles. The molecule has 9 nitrogen and oxygen atoms in total. The van der Waals surface area contributed by atoms with Gasteiger partial charge in [0, 0.05) is 20.0 Å². The first-order valence-corrected chi connectivity index (χ1v) is 11.9. The molecule has 2 unspecified atom stereocenters. The van der Waals surface area contributed by atoms with Crippen molar-refractivity contribution in [3.8, 4) is 17.2 Å². The Hall–Kier alpha value is -3.42. The number of hydrogen-bond donors (Lipinski definition) is 2. The lowest BCUT2D eigenvalue weighted by Crippen LogP contribution is -2.55. The van der Waals surface area contributed by atoms with Gasteiger partial charge >= 0.3 is 5.76 Å². The molecule has 1 aliphatic rings. The molecule has 1 fully saturated rings. The first kappa shape index (κ1) is 21.8. The number of sulfone groups is 1. The molecule has 10 heteroatoms. The summed E-state index contributed by atoms with van der Waals surface area (Å²) < 4.78 is 30.1. The van der Waals surface area contributed by atoms with Gasteiger partial charge in [-0.3, -0.25) is 9.36 Å². The first-order valence-electron chi connectivity index (χ1n) is 10.1. The Bertz CT molecular complexity index is 1370. The van der Waals surface area contributed by atoms with E-state index in [1.165, 1.54) is 4.57 Å². The van der Waals surface area contributed by atoms with E-state index in [2.05, 4.69) is 16.7 Å². The molecule has 0 spiro atoms. The van der Waals surface area contributed by atoms with Crippen molar-refractivity contribution in [2.45, 2.75) is 18.5 Å². The number of aryl methyl sites for hydroxylation is 1.